The summed E-state index contributed by atoms with van der Waals surface area (Å²) >= 11 is 5.41. The highest BCUT2D eigenvalue weighted by Gasteiger charge is 1.97. The van der Waals surface area contributed by atoms with E-state index in [1.807, 2.05) is 6.08 Å². The minimum Gasteiger partial charge on any atom is -0.481 e. The van der Waals surface area contributed by atoms with Crippen molar-refractivity contribution in [2.24, 2.45) is 0 Å². The summed E-state index contributed by atoms with van der Waals surface area (Å²) in [7, 11) is 0. The highest BCUT2D eigenvalue weighted by molar-refractivity contribution is 6.30. The van der Waals surface area contributed by atoms with Gasteiger partial charge in [-0.25, -0.2) is 0 Å². The van der Waals surface area contributed by atoms with Crippen LogP contribution in [-0.2, 0) is 4.79 Å². The third-order valence-corrected chi connectivity index (χ3v) is 1.41. The number of carboxylic acid groups (broad SMARTS) is 1. The molecule has 1 N–H and O–H groups in total. The van der Waals surface area contributed by atoms with E-state index in [2.05, 4.69) is 6.58 Å². The molecule has 0 unspecified atom stereocenters. The lowest BCUT2D eigenvalue weighted by molar-refractivity contribution is -0.135. The van der Waals surface area contributed by atoms with Gasteiger partial charge in [0.15, 0.2) is 0 Å². The number of hydrogen-bond acceptors (Lipinski definition) is 1. The third-order valence-electron chi connectivity index (χ3n) is 1.07. The van der Waals surface area contributed by atoms with Crippen molar-refractivity contribution in [3.8, 4) is 0 Å². The number of halogens is 1. The van der Waals surface area contributed by atoms with Crippen molar-refractivity contribution in [2.45, 2.75) is 19.3 Å². The standard InChI is InChI=1S/C4H5Cl.C4H6O2/c5-4-2-1-3-4;1-2-3-4(5)6/h2H,1,3H2;2H,1,3H2,(H,5,6). The second kappa shape index (κ2) is 5.98. The Kier molecular flexibility index (Phi) is 5.57. The number of allylic oxidation sites excluding steroid dienone is 2. The third kappa shape index (κ3) is 7.13. The summed E-state index contributed by atoms with van der Waals surface area (Å²) < 4.78 is 0. The van der Waals surface area contributed by atoms with Crippen molar-refractivity contribution >= 4 is 17.6 Å². The lowest BCUT2D eigenvalue weighted by Crippen LogP contribution is -1.88. The molecule has 3 heteroatoms. The summed E-state index contributed by atoms with van der Waals surface area (Å²) in [4.78, 5) is 9.53. The Labute approximate surface area is 71.2 Å². The fraction of sp³-hybridized carbons (Fsp3) is 0.375. The van der Waals surface area contributed by atoms with Gasteiger partial charge in [0.25, 0.3) is 0 Å². The van der Waals surface area contributed by atoms with Crippen molar-refractivity contribution < 1.29 is 9.90 Å². The highest BCUT2D eigenvalue weighted by atomic mass is 35.5. The summed E-state index contributed by atoms with van der Waals surface area (Å²) in [6.07, 6.45) is 5.74. The van der Waals surface area contributed by atoms with Crippen LogP contribution in [-0.4, -0.2) is 11.1 Å². The molecular weight excluding hydrogens is 164 g/mol. The summed E-state index contributed by atoms with van der Waals surface area (Å²) in [5.74, 6) is -0.829. The van der Waals surface area contributed by atoms with Crippen molar-refractivity contribution in [3.05, 3.63) is 23.8 Å². The van der Waals surface area contributed by atoms with Crippen LogP contribution in [0.1, 0.15) is 19.3 Å². The Morgan fingerprint density at radius 1 is 1.91 bits per heavy atom. The number of aliphatic carboxylic acids is 1. The molecule has 0 aliphatic heterocycles. The average Bonchev–Trinajstić information content (AvgIpc) is 1.85. The molecule has 0 amide bonds. The molecule has 0 atom stereocenters. The van der Waals surface area contributed by atoms with E-state index in [1.54, 1.807) is 0 Å². The van der Waals surface area contributed by atoms with Crippen LogP contribution in [0.3, 0.4) is 0 Å². The second-order valence-corrected chi connectivity index (χ2v) is 2.56. The van der Waals surface area contributed by atoms with Gasteiger partial charge in [0.2, 0.25) is 0 Å². The quantitative estimate of drug-likeness (QED) is 0.654. The molecule has 0 heterocycles. The van der Waals surface area contributed by atoms with Crippen LogP contribution in [0.15, 0.2) is 23.8 Å². The lowest BCUT2D eigenvalue weighted by Gasteiger charge is -2.02. The van der Waals surface area contributed by atoms with Gasteiger partial charge < -0.3 is 5.11 Å². The van der Waals surface area contributed by atoms with Crippen LogP contribution in [0.25, 0.3) is 0 Å². The molecule has 62 valence electrons. The molecule has 2 nitrogen and oxygen atoms in total. The van der Waals surface area contributed by atoms with E-state index in [0.29, 0.717) is 0 Å². The molecule has 0 aromatic heterocycles. The molecule has 0 aromatic rings. The highest BCUT2D eigenvalue weighted by Crippen LogP contribution is 2.20. The van der Waals surface area contributed by atoms with E-state index in [4.69, 9.17) is 16.7 Å². The zero-order valence-corrected chi connectivity index (χ0v) is 6.97. The maximum absolute atomic E-state index is 9.53. The van der Waals surface area contributed by atoms with E-state index in [-0.39, 0.29) is 6.42 Å². The molecule has 0 spiro atoms. The first kappa shape index (κ1) is 10.2. The Morgan fingerprint density at radius 2 is 2.36 bits per heavy atom. The van der Waals surface area contributed by atoms with Crippen molar-refractivity contribution in [3.63, 3.8) is 0 Å². The Balaban J connectivity index is 0.000000183. The summed E-state index contributed by atoms with van der Waals surface area (Å²) in [5.41, 5.74) is 0. The van der Waals surface area contributed by atoms with Crippen LogP contribution in [0.4, 0.5) is 0 Å². The first-order valence-corrected chi connectivity index (χ1v) is 3.72. The maximum atomic E-state index is 9.53. The predicted octanol–water partition coefficient (Wildman–Crippen LogP) is 2.55. The van der Waals surface area contributed by atoms with Crippen LogP contribution in [0.2, 0.25) is 0 Å². The van der Waals surface area contributed by atoms with Gasteiger partial charge in [-0.15, -0.1) is 6.58 Å². The van der Waals surface area contributed by atoms with E-state index >= 15 is 0 Å². The monoisotopic (exact) mass is 174 g/mol. The normalized spacial score (nSPS) is 13.4. The van der Waals surface area contributed by atoms with Crippen molar-refractivity contribution in [1.82, 2.24) is 0 Å². The molecule has 11 heavy (non-hydrogen) atoms. The molecule has 0 bridgehead atoms. The summed E-state index contributed by atoms with van der Waals surface area (Å²) in [5, 5.41) is 8.87. The predicted molar refractivity (Wildman–Crippen MR) is 45.6 cm³/mol. The fourth-order valence-electron chi connectivity index (χ4n) is 0.377. The number of carboxylic acids is 1. The molecule has 0 saturated carbocycles. The van der Waals surface area contributed by atoms with Gasteiger partial charge in [-0.1, -0.05) is 23.8 Å². The topological polar surface area (TPSA) is 37.3 Å². The van der Waals surface area contributed by atoms with E-state index in [9.17, 15) is 4.79 Å². The van der Waals surface area contributed by atoms with Gasteiger partial charge in [-0.3, -0.25) is 4.79 Å². The van der Waals surface area contributed by atoms with E-state index < -0.39 is 5.97 Å². The number of hydrogen-bond donors (Lipinski definition) is 1. The molecule has 1 aliphatic rings. The first-order valence-electron chi connectivity index (χ1n) is 3.34. The maximum Gasteiger partial charge on any atom is 0.307 e. The van der Waals surface area contributed by atoms with Gasteiger partial charge in [0.05, 0.1) is 6.42 Å². The van der Waals surface area contributed by atoms with Crippen LogP contribution in [0.5, 0.6) is 0 Å². The fourth-order valence-corrected chi connectivity index (χ4v) is 0.595. The number of rotatable bonds is 2. The zero-order valence-electron chi connectivity index (χ0n) is 6.22. The molecule has 0 radical (unpaired) electrons. The second-order valence-electron chi connectivity index (χ2n) is 2.08. The largest absolute Gasteiger partial charge is 0.481 e. The summed E-state index contributed by atoms with van der Waals surface area (Å²) in [6.45, 7) is 3.22. The van der Waals surface area contributed by atoms with Crippen molar-refractivity contribution in [1.29, 1.82) is 0 Å². The molecule has 1 rings (SSSR count). The van der Waals surface area contributed by atoms with Crippen LogP contribution >= 0.6 is 11.6 Å². The van der Waals surface area contributed by atoms with Crippen molar-refractivity contribution in [2.75, 3.05) is 0 Å². The molecular formula is C8H11ClO2. The molecule has 0 aromatic carbocycles. The Hall–Kier alpha value is -0.760. The molecule has 0 saturated heterocycles. The average molecular weight is 175 g/mol. The minimum atomic E-state index is -0.829. The first-order chi connectivity index (χ1) is 5.16. The zero-order chi connectivity index (χ0) is 8.69. The smallest absolute Gasteiger partial charge is 0.307 e. The lowest BCUT2D eigenvalue weighted by atomic mass is 10.1. The molecule has 1 aliphatic carbocycles. The van der Waals surface area contributed by atoms with Crippen LogP contribution in [0, 0.1) is 0 Å². The van der Waals surface area contributed by atoms with Gasteiger partial charge in [0, 0.05) is 5.03 Å². The number of carbonyl (C=O) groups is 1. The van der Waals surface area contributed by atoms with Crippen LogP contribution < -0.4 is 0 Å². The molecule has 0 fully saturated rings. The van der Waals surface area contributed by atoms with Gasteiger partial charge in [-0.2, -0.15) is 0 Å². The Bertz CT molecular complexity index is 173. The van der Waals surface area contributed by atoms with Gasteiger partial charge in [0.1, 0.15) is 0 Å². The van der Waals surface area contributed by atoms with Gasteiger partial charge in [-0.05, 0) is 12.8 Å². The summed E-state index contributed by atoms with van der Waals surface area (Å²) in [6, 6.07) is 0. The van der Waals surface area contributed by atoms with E-state index in [1.165, 1.54) is 12.5 Å². The SMILES string of the molecule is C=CCC(=O)O.ClC1=CCC1. The van der Waals surface area contributed by atoms with Gasteiger partial charge >= 0.3 is 5.97 Å². The Morgan fingerprint density at radius 3 is 2.36 bits per heavy atom. The minimum absolute atomic E-state index is 0.0556. The van der Waals surface area contributed by atoms with E-state index in [0.717, 1.165) is 11.5 Å².